The van der Waals surface area contributed by atoms with Crippen LogP contribution < -0.4 is 0 Å². The standard InChI is InChI=1S/C20H27NO2/c1-5-23-20(22)18-16(4)14-21(19(18)15(2)3)13-9-12-17-10-7-6-8-11-17/h6-8,10-11,14-15H,5,9,12-13H2,1-4H3. The molecular formula is C20H27NO2. The predicted molar refractivity (Wildman–Crippen MR) is 94.0 cm³/mol. The maximum absolute atomic E-state index is 12.3. The second-order valence-corrected chi connectivity index (χ2v) is 6.23. The number of carbonyl (C=O) groups is 1. The summed E-state index contributed by atoms with van der Waals surface area (Å²) in [6, 6.07) is 10.5. The first kappa shape index (κ1) is 17.3. The van der Waals surface area contributed by atoms with E-state index in [1.165, 1.54) is 5.56 Å². The van der Waals surface area contributed by atoms with Crippen LogP contribution in [0.3, 0.4) is 0 Å². The van der Waals surface area contributed by atoms with Crippen LogP contribution in [0.15, 0.2) is 36.5 Å². The maximum atomic E-state index is 12.3. The van der Waals surface area contributed by atoms with E-state index in [0.29, 0.717) is 12.5 Å². The second kappa shape index (κ2) is 8.00. The van der Waals surface area contributed by atoms with Crippen LogP contribution in [0, 0.1) is 6.92 Å². The molecule has 0 N–H and O–H groups in total. The Hall–Kier alpha value is -2.03. The van der Waals surface area contributed by atoms with Gasteiger partial charge in [-0.05, 0) is 43.7 Å². The van der Waals surface area contributed by atoms with Gasteiger partial charge in [-0.3, -0.25) is 0 Å². The molecule has 0 saturated carbocycles. The lowest BCUT2D eigenvalue weighted by Gasteiger charge is -2.14. The van der Waals surface area contributed by atoms with Crippen molar-refractivity contribution < 1.29 is 9.53 Å². The van der Waals surface area contributed by atoms with Gasteiger partial charge in [-0.15, -0.1) is 0 Å². The highest BCUT2D eigenvalue weighted by Gasteiger charge is 2.22. The molecule has 1 aromatic carbocycles. The lowest BCUT2D eigenvalue weighted by molar-refractivity contribution is 0.0523. The van der Waals surface area contributed by atoms with E-state index < -0.39 is 0 Å². The van der Waals surface area contributed by atoms with Gasteiger partial charge in [0.25, 0.3) is 0 Å². The van der Waals surface area contributed by atoms with Crippen molar-refractivity contribution in [2.24, 2.45) is 0 Å². The molecule has 3 heteroatoms. The van der Waals surface area contributed by atoms with Crippen LogP contribution in [-0.2, 0) is 17.7 Å². The monoisotopic (exact) mass is 313 g/mol. The Morgan fingerprint density at radius 3 is 2.52 bits per heavy atom. The number of hydrogen-bond donors (Lipinski definition) is 0. The summed E-state index contributed by atoms with van der Waals surface area (Å²) in [7, 11) is 0. The van der Waals surface area contributed by atoms with Crippen molar-refractivity contribution in [2.45, 2.75) is 53.0 Å². The molecular weight excluding hydrogens is 286 g/mol. The lowest BCUT2D eigenvalue weighted by Crippen LogP contribution is -2.12. The summed E-state index contributed by atoms with van der Waals surface area (Å²) in [5.41, 5.74) is 4.20. The number of esters is 1. The Bertz CT molecular complexity index is 641. The Kier molecular flexibility index (Phi) is 6.03. The number of hydrogen-bond acceptors (Lipinski definition) is 2. The molecule has 0 saturated heterocycles. The lowest BCUT2D eigenvalue weighted by atomic mass is 10.0. The van der Waals surface area contributed by atoms with Gasteiger partial charge in [0.1, 0.15) is 0 Å². The largest absolute Gasteiger partial charge is 0.462 e. The highest BCUT2D eigenvalue weighted by molar-refractivity contribution is 5.92. The number of benzene rings is 1. The number of rotatable bonds is 7. The molecule has 1 aromatic heterocycles. The van der Waals surface area contributed by atoms with Gasteiger partial charge in [0, 0.05) is 18.4 Å². The predicted octanol–water partition coefficient (Wildman–Crippen LogP) is 4.73. The average molecular weight is 313 g/mol. The zero-order valence-corrected chi connectivity index (χ0v) is 14.6. The maximum Gasteiger partial charge on any atom is 0.340 e. The molecule has 0 atom stereocenters. The van der Waals surface area contributed by atoms with Crippen LogP contribution in [0.2, 0.25) is 0 Å². The molecule has 0 unspecified atom stereocenters. The summed E-state index contributed by atoms with van der Waals surface area (Å²) in [5, 5.41) is 0. The number of aromatic nitrogens is 1. The van der Waals surface area contributed by atoms with Gasteiger partial charge in [-0.2, -0.15) is 0 Å². The summed E-state index contributed by atoms with van der Waals surface area (Å²) in [6.07, 6.45) is 4.19. The van der Waals surface area contributed by atoms with Crippen molar-refractivity contribution in [3.8, 4) is 0 Å². The topological polar surface area (TPSA) is 31.2 Å². The summed E-state index contributed by atoms with van der Waals surface area (Å²) in [5.74, 6) is 0.0929. The van der Waals surface area contributed by atoms with Crippen molar-refractivity contribution >= 4 is 5.97 Å². The third kappa shape index (κ3) is 4.25. The average Bonchev–Trinajstić information content (AvgIpc) is 2.85. The molecule has 2 aromatic rings. The molecule has 0 fully saturated rings. The molecule has 124 valence electrons. The molecule has 0 radical (unpaired) electrons. The van der Waals surface area contributed by atoms with Crippen LogP contribution in [0.5, 0.6) is 0 Å². The Labute approximate surface area is 139 Å². The normalized spacial score (nSPS) is 11.0. The number of aryl methyl sites for hydroxylation is 3. The van der Waals surface area contributed by atoms with Gasteiger partial charge >= 0.3 is 5.97 Å². The van der Waals surface area contributed by atoms with Crippen LogP contribution in [0.4, 0.5) is 0 Å². The number of ether oxygens (including phenoxy) is 1. The fraction of sp³-hybridized carbons (Fsp3) is 0.450. The summed E-state index contributed by atoms with van der Waals surface area (Å²) >= 11 is 0. The highest BCUT2D eigenvalue weighted by atomic mass is 16.5. The Balaban J connectivity index is 2.15. The first-order valence-electron chi connectivity index (χ1n) is 8.45. The SMILES string of the molecule is CCOC(=O)c1c(C)cn(CCCc2ccccc2)c1C(C)C. The van der Waals surface area contributed by atoms with Crippen LogP contribution >= 0.6 is 0 Å². The molecule has 0 aliphatic heterocycles. The molecule has 0 aliphatic rings. The minimum atomic E-state index is -0.199. The molecule has 0 bridgehead atoms. The van der Waals surface area contributed by atoms with Gasteiger partial charge in [-0.1, -0.05) is 44.2 Å². The Morgan fingerprint density at radius 2 is 1.91 bits per heavy atom. The van der Waals surface area contributed by atoms with Gasteiger partial charge in [-0.25, -0.2) is 4.79 Å². The van der Waals surface area contributed by atoms with Gasteiger partial charge in [0.05, 0.1) is 12.2 Å². The highest BCUT2D eigenvalue weighted by Crippen LogP contribution is 2.26. The van der Waals surface area contributed by atoms with Gasteiger partial charge in [0.15, 0.2) is 0 Å². The van der Waals surface area contributed by atoms with Crippen molar-refractivity contribution in [2.75, 3.05) is 6.61 Å². The summed E-state index contributed by atoms with van der Waals surface area (Å²) in [6.45, 7) is 9.43. The van der Waals surface area contributed by atoms with Crippen molar-refractivity contribution in [3.05, 3.63) is 58.9 Å². The number of carbonyl (C=O) groups excluding carboxylic acids is 1. The minimum absolute atomic E-state index is 0.199. The summed E-state index contributed by atoms with van der Waals surface area (Å²) < 4.78 is 7.47. The van der Waals surface area contributed by atoms with Crippen molar-refractivity contribution in [1.29, 1.82) is 0 Å². The van der Waals surface area contributed by atoms with Crippen LogP contribution in [0.25, 0.3) is 0 Å². The molecule has 0 spiro atoms. The molecule has 0 amide bonds. The summed E-state index contributed by atoms with van der Waals surface area (Å²) in [4.78, 5) is 12.3. The van der Waals surface area contributed by atoms with E-state index in [1.807, 2.05) is 19.9 Å². The molecule has 2 rings (SSSR count). The molecule has 23 heavy (non-hydrogen) atoms. The van der Waals surface area contributed by atoms with E-state index in [-0.39, 0.29) is 5.97 Å². The number of nitrogens with zero attached hydrogens (tertiary/aromatic N) is 1. The van der Waals surface area contributed by atoms with Gasteiger partial charge < -0.3 is 9.30 Å². The molecule has 0 aliphatic carbocycles. The van der Waals surface area contributed by atoms with E-state index >= 15 is 0 Å². The zero-order chi connectivity index (χ0) is 16.8. The smallest absolute Gasteiger partial charge is 0.340 e. The first-order valence-corrected chi connectivity index (χ1v) is 8.45. The van der Waals surface area contributed by atoms with Crippen LogP contribution in [0.1, 0.15) is 60.3 Å². The van der Waals surface area contributed by atoms with Crippen molar-refractivity contribution in [3.63, 3.8) is 0 Å². The minimum Gasteiger partial charge on any atom is -0.462 e. The van der Waals surface area contributed by atoms with Gasteiger partial charge in [0.2, 0.25) is 0 Å². The van der Waals surface area contributed by atoms with E-state index in [0.717, 1.165) is 36.2 Å². The Morgan fingerprint density at radius 1 is 1.22 bits per heavy atom. The third-order valence-electron chi connectivity index (χ3n) is 4.04. The molecule has 3 nitrogen and oxygen atoms in total. The quantitative estimate of drug-likeness (QED) is 0.692. The third-order valence-corrected chi connectivity index (χ3v) is 4.04. The molecule has 1 heterocycles. The van der Waals surface area contributed by atoms with E-state index in [4.69, 9.17) is 4.74 Å². The van der Waals surface area contributed by atoms with Crippen LogP contribution in [-0.4, -0.2) is 17.1 Å². The fourth-order valence-electron chi connectivity index (χ4n) is 3.09. The fourth-order valence-corrected chi connectivity index (χ4v) is 3.09. The van der Waals surface area contributed by atoms with E-state index in [9.17, 15) is 4.79 Å². The second-order valence-electron chi connectivity index (χ2n) is 6.23. The first-order chi connectivity index (χ1) is 11.0. The van der Waals surface area contributed by atoms with E-state index in [2.05, 4.69) is 48.9 Å². The van der Waals surface area contributed by atoms with E-state index in [1.54, 1.807) is 0 Å². The zero-order valence-electron chi connectivity index (χ0n) is 14.6. The van der Waals surface area contributed by atoms with Crippen molar-refractivity contribution in [1.82, 2.24) is 4.57 Å².